The molecule has 6 rings (SSSR count). The topological polar surface area (TPSA) is 50.8 Å². The molecule has 0 saturated carbocycles. The van der Waals surface area contributed by atoms with Crippen LogP contribution >= 0.6 is 0 Å². The Kier molecular flexibility index (Phi) is 5.41. The van der Waals surface area contributed by atoms with E-state index in [1.807, 2.05) is 48.1 Å². The van der Waals surface area contributed by atoms with E-state index in [0.717, 1.165) is 40.8 Å². The number of imidazole rings is 1. The molecule has 1 atom stereocenters. The quantitative estimate of drug-likeness (QED) is 0.293. The van der Waals surface area contributed by atoms with E-state index in [2.05, 4.69) is 59.6 Å². The largest absolute Gasteiger partial charge is 0.363 e. The van der Waals surface area contributed by atoms with Gasteiger partial charge in [0.05, 0.1) is 36.5 Å². The number of aromatic nitrogens is 2. The Morgan fingerprint density at radius 3 is 2.54 bits per heavy atom. The maximum Gasteiger partial charge on any atom is 0.124 e. The molecule has 0 bridgehead atoms. The van der Waals surface area contributed by atoms with Gasteiger partial charge in [0, 0.05) is 12.6 Å². The van der Waals surface area contributed by atoms with Crippen LogP contribution in [0.4, 0.5) is 0 Å². The van der Waals surface area contributed by atoms with E-state index in [0.29, 0.717) is 12.2 Å². The second-order valence-corrected chi connectivity index (χ2v) is 9.13. The molecule has 4 aromatic carbocycles. The van der Waals surface area contributed by atoms with Gasteiger partial charge >= 0.3 is 0 Å². The first kappa shape index (κ1) is 21.3. The lowest BCUT2D eigenvalue weighted by atomic mass is 9.90. The summed E-state index contributed by atoms with van der Waals surface area (Å²) in [5.41, 5.74) is 8.58. The van der Waals surface area contributed by atoms with E-state index < -0.39 is 0 Å². The Labute approximate surface area is 205 Å². The Morgan fingerprint density at radius 1 is 0.943 bits per heavy atom. The van der Waals surface area contributed by atoms with Gasteiger partial charge in [-0.15, -0.1) is 0 Å². The molecule has 1 heterocycles. The number of nitrogens with zero attached hydrogens (tertiary/aromatic N) is 3. The van der Waals surface area contributed by atoms with Crippen LogP contribution in [-0.4, -0.2) is 9.55 Å². The van der Waals surface area contributed by atoms with E-state index >= 15 is 0 Å². The summed E-state index contributed by atoms with van der Waals surface area (Å²) in [7, 11) is 1.98. The third kappa shape index (κ3) is 3.80. The molecule has 5 aromatic rings. The fourth-order valence-electron chi connectivity index (χ4n) is 5.25. The highest BCUT2D eigenvalue weighted by atomic mass is 16.5. The van der Waals surface area contributed by atoms with Gasteiger partial charge in [-0.05, 0) is 63.6 Å². The molecule has 1 unspecified atom stereocenters. The molecule has 0 saturated heterocycles. The first-order chi connectivity index (χ1) is 17.2. The number of hydrogen-bond donors (Lipinski definition) is 0. The Morgan fingerprint density at radius 2 is 1.77 bits per heavy atom. The first-order valence-corrected chi connectivity index (χ1v) is 11.9. The highest BCUT2D eigenvalue weighted by molar-refractivity contribution is 6.02. The van der Waals surface area contributed by atoms with Crippen molar-refractivity contribution in [2.24, 2.45) is 7.05 Å². The minimum absolute atomic E-state index is 0.314. The second-order valence-electron chi connectivity index (χ2n) is 9.13. The van der Waals surface area contributed by atoms with E-state index in [4.69, 9.17) is 4.74 Å². The molecule has 0 spiro atoms. The predicted octanol–water partition coefficient (Wildman–Crippen LogP) is 6.52. The lowest BCUT2D eigenvalue weighted by Crippen LogP contribution is -2.11. The molecule has 4 nitrogen and oxygen atoms in total. The molecule has 0 amide bonds. The van der Waals surface area contributed by atoms with Crippen molar-refractivity contribution in [1.82, 2.24) is 9.55 Å². The second kappa shape index (κ2) is 8.87. The molecule has 1 aromatic heterocycles. The standard InChI is InChI=1S/C31H25N3O/c1-34-20-33-18-29(34)31(35-19-21-6-3-2-4-7-21)24-12-13-25(17-32)28(16-24)26-15-14-23-11-10-22-8-5-9-27(26)30(22)23/h2-9,12-16,18,20,31H,10-11,19H2,1H3. The van der Waals surface area contributed by atoms with Gasteiger partial charge in [0.15, 0.2) is 0 Å². The monoisotopic (exact) mass is 455 g/mol. The van der Waals surface area contributed by atoms with E-state index in [1.54, 1.807) is 6.33 Å². The number of rotatable bonds is 6. The summed E-state index contributed by atoms with van der Waals surface area (Å²) in [5, 5.41) is 12.6. The highest BCUT2D eigenvalue weighted by Crippen LogP contribution is 2.39. The Hall–Kier alpha value is -4.20. The van der Waals surface area contributed by atoms with Crippen molar-refractivity contribution in [3.63, 3.8) is 0 Å². The minimum Gasteiger partial charge on any atom is -0.363 e. The molecule has 35 heavy (non-hydrogen) atoms. The summed E-state index contributed by atoms with van der Waals surface area (Å²) in [5.74, 6) is 0. The van der Waals surface area contributed by atoms with Gasteiger partial charge in [-0.25, -0.2) is 4.98 Å². The van der Waals surface area contributed by atoms with Crippen molar-refractivity contribution >= 4 is 10.8 Å². The SMILES string of the molecule is Cn1cncc1C(OCc1ccccc1)c1ccc(C#N)c(-c2ccc3c4c(cccc24)CC3)c1. The van der Waals surface area contributed by atoms with Gasteiger partial charge in [0.2, 0.25) is 0 Å². The van der Waals surface area contributed by atoms with Crippen LogP contribution in [0.1, 0.15) is 39.6 Å². The molecule has 0 radical (unpaired) electrons. The van der Waals surface area contributed by atoms with Crippen molar-refractivity contribution < 1.29 is 4.74 Å². The van der Waals surface area contributed by atoms with Crippen LogP contribution in [0, 0.1) is 11.3 Å². The summed E-state index contributed by atoms with van der Waals surface area (Å²) in [4.78, 5) is 4.34. The molecule has 0 fully saturated rings. The molecule has 0 N–H and O–H groups in total. The van der Waals surface area contributed by atoms with Crippen LogP contribution in [-0.2, 0) is 31.2 Å². The zero-order valence-corrected chi connectivity index (χ0v) is 19.6. The van der Waals surface area contributed by atoms with E-state index in [-0.39, 0.29) is 6.10 Å². The minimum atomic E-state index is -0.314. The molecule has 170 valence electrons. The number of aryl methyl sites for hydroxylation is 3. The summed E-state index contributed by atoms with van der Waals surface area (Å²) in [6.07, 6.45) is 5.49. The molecule has 1 aliphatic carbocycles. The lowest BCUT2D eigenvalue weighted by molar-refractivity contribution is 0.0622. The molecular weight excluding hydrogens is 430 g/mol. The average molecular weight is 456 g/mol. The molecule has 0 aliphatic heterocycles. The van der Waals surface area contributed by atoms with Crippen LogP contribution in [0.2, 0.25) is 0 Å². The predicted molar refractivity (Wildman–Crippen MR) is 138 cm³/mol. The number of hydrogen-bond acceptors (Lipinski definition) is 3. The lowest BCUT2D eigenvalue weighted by Gasteiger charge is -2.21. The van der Waals surface area contributed by atoms with Gasteiger partial charge in [0.25, 0.3) is 0 Å². The summed E-state index contributed by atoms with van der Waals surface area (Å²) >= 11 is 0. The van der Waals surface area contributed by atoms with Gasteiger partial charge in [-0.3, -0.25) is 0 Å². The number of nitriles is 1. The van der Waals surface area contributed by atoms with Crippen molar-refractivity contribution in [1.29, 1.82) is 5.26 Å². The summed E-state index contributed by atoms with van der Waals surface area (Å²) in [6.45, 7) is 0.479. The maximum absolute atomic E-state index is 9.99. The fraction of sp³-hybridized carbons (Fsp3) is 0.161. The van der Waals surface area contributed by atoms with Crippen molar-refractivity contribution in [2.45, 2.75) is 25.6 Å². The van der Waals surface area contributed by atoms with Crippen molar-refractivity contribution in [3.8, 4) is 17.2 Å². The zero-order valence-electron chi connectivity index (χ0n) is 19.6. The van der Waals surface area contributed by atoms with Crippen LogP contribution in [0.15, 0.2) is 91.4 Å². The summed E-state index contributed by atoms with van der Waals surface area (Å²) < 4.78 is 8.49. The highest BCUT2D eigenvalue weighted by Gasteiger charge is 2.22. The van der Waals surface area contributed by atoms with Crippen LogP contribution < -0.4 is 0 Å². The number of ether oxygens (including phenoxy) is 1. The first-order valence-electron chi connectivity index (χ1n) is 11.9. The Balaban J connectivity index is 1.48. The van der Waals surface area contributed by atoms with Crippen molar-refractivity contribution in [3.05, 3.63) is 125 Å². The van der Waals surface area contributed by atoms with E-state index in [9.17, 15) is 5.26 Å². The molecular formula is C31H25N3O. The maximum atomic E-state index is 9.99. The Bertz CT molecular complexity index is 1570. The van der Waals surface area contributed by atoms with Gasteiger partial charge < -0.3 is 9.30 Å². The summed E-state index contributed by atoms with van der Waals surface area (Å²) in [6, 6.07) is 29.6. The zero-order chi connectivity index (χ0) is 23.8. The van der Waals surface area contributed by atoms with Crippen LogP contribution in [0.3, 0.4) is 0 Å². The fourth-order valence-corrected chi connectivity index (χ4v) is 5.25. The third-order valence-corrected chi connectivity index (χ3v) is 7.02. The number of benzene rings is 4. The normalized spacial score (nSPS) is 13.1. The third-order valence-electron chi connectivity index (χ3n) is 7.02. The molecule has 1 aliphatic rings. The van der Waals surface area contributed by atoms with Gasteiger partial charge in [-0.1, -0.05) is 66.7 Å². The van der Waals surface area contributed by atoms with Crippen LogP contribution in [0.5, 0.6) is 0 Å². The van der Waals surface area contributed by atoms with Gasteiger partial charge in [-0.2, -0.15) is 5.26 Å². The van der Waals surface area contributed by atoms with E-state index in [1.165, 1.54) is 21.9 Å². The smallest absolute Gasteiger partial charge is 0.124 e. The average Bonchev–Trinajstić information content (AvgIpc) is 3.52. The van der Waals surface area contributed by atoms with Gasteiger partial charge in [0.1, 0.15) is 6.10 Å². The molecule has 4 heteroatoms. The van der Waals surface area contributed by atoms with Crippen molar-refractivity contribution in [2.75, 3.05) is 0 Å². The van der Waals surface area contributed by atoms with Crippen LogP contribution in [0.25, 0.3) is 21.9 Å².